The van der Waals surface area contributed by atoms with E-state index in [0.717, 1.165) is 24.7 Å². The minimum Gasteiger partial charge on any atom is -0.376 e. The van der Waals surface area contributed by atoms with E-state index in [1.165, 1.54) is 4.31 Å². The minimum atomic E-state index is -3.49. The van der Waals surface area contributed by atoms with Gasteiger partial charge in [-0.1, -0.05) is 30.3 Å². The molecule has 1 aliphatic rings. The Labute approximate surface area is 195 Å². The first-order chi connectivity index (χ1) is 15.8. The van der Waals surface area contributed by atoms with Gasteiger partial charge in [0.25, 0.3) is 5.91 Å². The van der Waals surface area contributed by atoms with Crippen molar-refractivity contribution in [2.24, 2.45) is 0 Å². The third-order valence-electron chi connectivity index (χ3n) is 5.51. The number of nitrogens with zero attached hydrogens (tertiary/aromatic N) is 1. The normalized spacial score (nSPS) is 15.8. The Morgan fingerprint density at radius 2 is 1.85 bits per heavy atom. The Hall–Kier alpha value is -2.91. The van der Waals surface area contributed by atoms with Crippen molar-refractivity contribution in [3.8, 4) is 0 Å². The maximum absolute atomic E-state index is 12.6. The molecule has 0 bridgehead atoms. The largest absolute Gasteiger partial charge is 0.376 e. The number of anilines is 2. The lowest BCUT2D eigenvalue weighted by Crippen LogP contribution is -2.33. The van der Waals surface area contributed by atoms with Crippen LogP contribution in [0.3, 0.4) is 0 Å². The summed E-state index contributed by atoms with van der Waals surface area (Å²) in [6, 6.07) is 14.1. The molecule has 8 nitrogen and oxygen atoms in total. The number of ether oxygens (including phenoxy) is 1. The molecule has 0 saturated carbocycles. The molecule has 2 N–H and O–H groups in total. The molecule has 1 heterocycles. The van der Waals surface area contributed by atoms with Crippen LogP contribution in [0.2, 0.25) is 0 Å². The van der Waals surface area contributed by atoms with Gasteiger partial charge in [-0.05, 0) is 49.9 Å². The molecular weight excluding hydrogens is 442 g/mol. The lowest BCUT2D eigenvalue weighted by molar-refractivity contribution is -0.116. The number of hydrogen-bond donors (Lipinski definition) is 2. The van der Waals surface area contributed by atoms with Gasteiger partial charge in [-0.15, -0.1) is 0 Å². The summed E-state index contributed by atoms with van der Waals surface area (Å²) < 4.78 is 31.4. The Morgan fingerprint density at radius 1 is 1.12 bits per heavy atom. The van der Waals surface area contributed by atoms with E-state index in [2.05, 4.69) is 10.6 Å². The lowest BCUT2D eigenvalue weighted by Gasteiger charge is -2.24. The van der Waals surface area contributed by atoms with Gasteiger partial charge in [0.15, 0.2) is 0 Å². The van der Waals surface area contributed by atoms with Crippen LogP contribution in [0.4, 0.5) is 11.4 Å². The Kier molecular flexibility index (Phi) is 8.46. The van der Waals surface area contributed by atoms with E-state index in [1.807, 2.05) is 19.1 Å². The second-order valence-corrected chi connectivity index (χ2v) is 10.1. The van der Waals surface area contributed by atoms with Gasteiger partial charge in [-0.2, -0.15) is 0 Å². The average molecular weight is 474 g/mol. The van der Waals surface area contributed by atoms with Crippen molar-refractivity contribution in [2.45, 2.75) is 38.7 Å². The van der Waals surface area contributed by atoms with Gasteiger partial charge < -0.3 is 15.4 Å². The summed E-state index contributed by atoms with van der Waals surface area (Å²) in [5.74, 6) is -0.559. The first-order valence-electron chi connectivity index (χ1n) is 11.1. The van der Waals surface area contributed by atoms with Gasteiger partial charge in [0.2, 0.25) is 15.9 Å². The molecule has 9 heteroatoms. The van der Waals surface area contributed by atoms with E-state index in [0.29, 0.717) is 36.5 Å². The van der Waals surface area contributed by atoms with Gasteiger partial charge in [0, 0.05) is 26.1 Å². The molecule has 1 fully saturated rings. The number of carbonyl (C=O) groups is 2. The second kappa shape index (κ2) is 11.3. The highest BCUT2D eigenvalue weighted by Gasteiger charge is 2.20. The van der Waals surface area contributed by atoms with Crippen molar-refractivity contribution in [1.29, 1.82) is 0 Å². The molecule has 0 unspecified atom stereocenters. The van der Waals surface area contributed by atoms with Crippen LogP contribution in [-0.2, 0) is 19.6 Å². The zero-order valence-electron chi connectivity index (χ0n) is 19.0. The molecule has 1 aliphatic heterocycles. The third kappa shape index (κ3) is 7.03. The van der Waals surface area contributed by atoms with Gasteiger partial charge in [-0.25, -0.2) is 8.42 Å². The summed E-state index contributed by atoms with van der Waals surface area (Å²) in [4.78, 5) is 25.2. The van der Waals surface area contributed by atoms with Crippen LogP contribution in [0.25, 0.3) is 0 Å². The molecule has 2 aromatic carbocycles. The highest BCUT2D eigenvalue weighted by molar-refractivity contribution is 7.92. The molecule has 3 rings (SSSR count). The number of nitrogens with one attached hydrogen (secondary N) is 2. The lowest BCUT2D eigenvalue weighted by atomic mass is 10.1. The van der Waals surface area contributed by atoms with Crippen molar-refractivity contribution < 1.29 is 22.7 Å². The molecule has 0 aromatic heterocycles. The quantitative estimate of drug-likeness (QED) is 0.552. The van der Waals surface area contributed by atoms with Crippen molar-refractivity contribution >= 4 is 33.2 Å². The number of aryl methyl sites for hydroxylation is 1. The second-order valence-electron chi connectivity index (χ2n) is 8.16. The molecule has 1 saturated heterocycles. The maximum Gasteiger partial charge on any atom is 0.253 e. The number of benzene rings is 2. The first-order valence-corrected chi connectivity index (χ1v) is 12.9. The summed E-state index contributed by atoms with van der Waals surface area (Å²) in [7, 11) is -3.49. The van der Waals surface area contributed by atoms with Crippen LogP contribution in [-0.4, -0.2) is 52.3 Å². The number of carbonyl (C=O) groups excluding carboxylic acids is 2. The fourth-order valence-corrected chi connectivity index (χ4v) is 4.82. The van der Waals surface area contributed by atoms with Crippen LogP contribution in [0, 0.1) is 6.92 Å². The number of sulfonamides is 1. The number of para-hydroxylation sites is 2. The number of amides is 2. The maximum atomic E-state index is 12.6. The molecule has 0 aliphatic carbocycles. The zero-order chi connectivity index (χ0) is 23.8. The van der Waals surface area contributed by atoms with E-state index in [1.54, 1.807) is 36.4 Å². The summed E-state index contributed by atoms with van der Waals surface area (Å²) in [5.41, 5.74) is 2.25. The van der Waals surface area contributed by atoms with Crippen LogP contribution in [0.1, 0.15) is 41.6 Å². The summed E-state index contributed by atoms with van der Waals surface area (Å²) in [6.07, 6.45) is 3.55. The predicted molar refractivity (Wildman–Crippen MR) is 129 cm³/mol. The topological polar surface area (TPSA) is 105 Å². The van der Waals surface area contributed by atoms with Crippen LogP contribution >= 0.6 is 0 Å². The van der Waals surface area contributed by atoms with E-state index < -0.39 is 10.0 Å². The van der Waals surface area contributed by atoms with E-state index in [9.17, 15) is 18.0 Å². The smallest absolute Gasteiger partial charge is 0.253 e. The van der Waals surface area contributed by atoms with Crippen molar-refractivity contribution in [3.63, 3.8) is 0 Å². The Morgan fingerprint density at radius 3 is 2.55 bits per heavy atom. The SMILES string of the molecule is Cc1ccccc1N(CCCC(=O)Nc1ccccc1C(=O)NC[C@@H]1CCCO1)S(C)(=O)=O. The van der Waals surface area contributed by atoms with E-state index in [-0.39, 0.29) is 30.9 Å². The van der Waals surface area contributed by atoms with Crippen LogP contribution in [0.15, 0.2) is 48.5 Å². The van der Waals surface area contributed by atoms with Gasteiger partial charge in [0.1, 0.15) is 0 Å². The highest BCUT2D eigenvalue weighted by Crippen LogP contribution is 2.23. The number of hydrogen-bond acceptors (Lipinski definition) is 5. The van der Waals surface area contributed by atoms with Crippen LogP contribution < -0.4 is 14.9 Å². The number of rotatable bonds is 10. The average Bonchev–Trinajstić information content (AvgIpc) is 3.29. The van der Waals surface area contributed by atoms with Crippen molar-refractivity contribution in [3.05, 3.63) is 59.7 Å². The predicted octanol–water partition coefficient (Wildman–Crippen LogP) is 3.09. The van der Waals surface area contributed by atoms with Gasteiger partial charge in [0.05, 0.1) is 29.3 Å². The monoisotopic (exact) mass is 473 g/mol. The van der Waals surface area contributed by atoms with Gasteiger partial charge >= 0.3 is 0 Å². The summed E-state index contributed by atoms with van der Waals surface area (Å²) >= 11 is 0. The van der Waals surface area contributed by atoms with E-state index >= 15 is 0 Å². The van der Waals surface area contributed by atoms with Crippen molar-refractivity contribution in [2.75, 3.05) is 35.6 Å². The highest BCUT2D eigenvalue weighted by atomic mass is 32.2. The molecule has 0 radical (unpaired) electrons. The molecule has 1 atom stereocenters. The molecular formula is C24H31N3O5S. The van der Waals surface area contributed by atoms with Crippen molar-refractivity contribution in [1.82, 2.24) is 5.32 Å². The Balaban J connectivity index is 1.57. The zero-order valence-corrected chi connectivity index (χ0v) is 19.9. The summed E-state index contributed by atoms with van der Waals surface area (Å²) in [6.45, 7) is 3.18. The fourth-order valence-electron chi connectivity index (χ4n) is 3.80. The Bertz CT molecular complexity index is 1080. The molecule has 2 amide bonds. The van der Waals surface area contributed by atoms with Gasteiger partial charge in [-0.3, -0.25) is 13.9 Å². The molecule has 2 aromatic rings. The summed E-state index contributed by atoms with van der Waals surface area (Å²) in [5, 5.41) is 5.65. The van der Waals surface area contributed by atoms with E-state index in [4.69, 9.17) is 4.74 Å². The van der Waals surface area contributed by atoms with Crippen LogP contribution in [0.5, 0.6) is 0 Å². The standard InChI is InChI=1S/C24H31N3O5S/c1-18-9-3-6-13-22(18)27(33(2,30)31)15-7-14-23(28)26-21-12-5-4-11-20(21)24(29)25-17-19-10-8-16-32-19/h3-6,9,11-13,19H,7-8,10,14-17H2,1-2H3,(H,25,29)(H,26,28)/t19-/m0/s1. The fraction of sp³-hybridized carbons (Fsp3) is 0.417. The molecule has 178 valence electrons. The minimum absolute atomic E-state index is 0.0294. The molecule has 0 spiro atoms. The first kappa shape index (κ1) is 24.7. The molecule has 33 heavy (non-hydrogen) atoms. The third-order valence-corrected chi connectivity index (χ3v) is 6.69.